The van der Waals surface area contributed by atoms with Gasteiger partial charge in [-0.05, 0) is 18.9 Å². The zero-order valence-corrected chi connectivity index (χ0v) is 11.9. The molecule has 1 aromatic carbocycles. The Hall–Kier alpha value is -2.19. The molecule has 20 heavy (non-hydrogen) atoms. The minimum Gasteiger partial charge on any atom is -0.346 e. The lowest BCUT2D eigenvalue weighted by Crippen LogP contribution is -2.33. The summed E-state index contributed by atoms with van der Waals surface area (Å²) < 4.78 is 0. The van der Waals surface area contributed by atoms with E-state index in [1.807, 2.05) is 42.6 Å². The minimum atomic E-state index is -0.681. The van der Waals surface area contributed by atoms with Crippen LogP contribution in [0.3, 0.4) is 0 Å². The molecular weight excluding hydrogens is 270 g/mol. The lowest BCUT2D eigenvalue weighted by Gasteiger charge is -2.14. The second-order valence-electron chi connectivity index (χ2n) is 4.47. The van der Waals surface area contributed by atoms with Crippen LogP contribution in [0.2, 0.25) is 0 Å². The molecule has 0 saturated carbocycles. The summed E-state index contributed by atoms with van der Waals surface area (Å²) >= 11 is 1.49. The quantitative estimate of drug-likeness (QED) is 0.918. The fraction of sp³-hybridized carbons (Fsp3) is 0.267. The molecule has 0 aliphatic carbocycles. The summed E-state index contributed by atoms with van der Waals surface area (Å²) in [4.78, 5) is 16.3. The van der Waals surface area contributed by atoms with Crippen LogP contribution in [0.15, 0.2) is 41.9 Å². The fourth-order valence-electron chi connectivity index (χ4n) is 1.87. The van der Waals surface area contributed by atoms with Crippen molar-refractivity contribution in [3.8, 4) is 6.07 Å². The first-order valence-electron chi connectivity index (χ1n) is 6.34. The van der Waals surface area contributed by atoms with Gasteiger partial charge in [0.25, 0.3) is 0 Å². The predicted octanol–water partition coefficient (Wildman–Crippen LogP) is 2.70. The van der Waals surface area contributed by atoms with Crippen LogP contribution in [0.25, 0.3) is 0 Å². The Morgan fingerprint density at radius 2 is 2.20 bits per heavy atom. The van der Waals surface area contributed by atoms with Crippen molar-refractivity contribution in [3.05, 3.63) is 52.5 Å². The zero-order valence-electron chi connectivity index (χ0n) is 11.1. The molecule has 102 valence electrons. The maximum Gasteiger partial charge on any atom is 0.238 e. The van der Waals surface area contributed by atoms with Crippen LogP contribution in [-0.2, 0) is 11.2 Å². The largest absolute Gasteiger partial charge is 0.346 e. The van der Waals surface area contributed by atoms with Gasteiger partial charge in [0.2, 0.25) is 5.91 Å². The number of hydrogen-bond acceptors (Lipinski definition) is 4. The Bertz CT molecular complexity index is 589. The van der Waals surface area contributed by atoms with E-state index in [1.165, 1.54) is 11.3 Å². The van der Waals surface area contributed by atoms with Crippen LogP contribution < -0.4 is 5.32 Å². The Morgan fingerprint density at radius 3 is 2.80 bits per heavy atom. The smallest absolute Gasteiger partial charge is 0.238 e. The summed E-state index contributed by atoms with van der Waals surface area (Å²) in [6.07, 6.45) is 2.13. The topological polar surface area (TPSA) is 65.8 Å². The second-order valence-corrected chi connectivity index (χ2v) is 5.40. The van der Waals surface area contributed by atoms with E-state index in [4.69, 9.17) is 0 Å². The maximum atomic E-state index is 12.1. The van der Waals surface area contributed by atoms with E-state index < -0.39 is 5.92 Å². The Kier molecular flexibility index (Phi) is 4.85. The Labute approximate surface area is 122 Å². The van der Waals surface area contributed by atoms with Gasteiger partial charge in [-0.1, -0.05) is 30.3 Å². The molecular formula is C15H15N3OS. The molecule has 1 N–H and O–H groups in total. The first-order valence-corrected chi connectivity index (χ1v) is 7.22. The summed E-state index contributed by atoms with van der Waals surface area (Å²) in [6.45, 7) is 1.87. The third-order valence-corrected chi connectivity index (χ3v) is 3.89. The van der Waals surface area contributed by atoms with Gasteiger partial charge >= 0.3 is 0 Å². The number of aromatic nitrogens is 1. The molecule has 2 atom stereocenters. The van der Waals surface area contributed by atoms with E-state index in [2.05, 4.69) is 16.4 Å². The van der Waals surface area contributed by atoms with Crippen LogP contribution in [0.4, 0.5) is 0 Å². The van der Waals surface area contributed by atoms with Gasteiger partial charge in [0.1, 0.15) is 10.9 Å². The molecule has 2 rings (SSSR count). The molecule has 0 aliphatic heterocycles. The molecule has 0 bridgehead atoms. The third kappa shape index (κ3) is 3.65. The monoisotopic (exact) mass is 285 g/mol. The van der Waals surface area contributed by atoms with Crippen molar-refractivity contribution in [2.75, 3.05) is 0 Å². The van der Waals surface area contributed by atoms with Crippen LogP contribution in [0, 0.1) is 17.2 Å². The molecule has 2 aromatic rings. The number of carbonyl (C=O) groups is 1. The zero-order chi connectivity index (χ0) is 14.4. The highest BCUT2D eigenvalue weighted by atomic mass is 32.1. The summed E-state index contributed by atoms with van der Waals surface area (Å²) in [5, 5.41) is 14.7. The van der Waals surface area contributed by atoms with Crippen molar-refractivity contribution < 1.29 is 4.79 Å². The van der Waals surface area contributed by atoms with Crippen molar-refractivity contribution in [3.63, 3.8) is 0 Å². The van der Waals surface area contributed by atoms with Gasteiger partial charge in [-0.3, -0.25) is 4.79 Å². The fourth-order valence-corrected chi connectivity index (χ4v) is 2.52. The molecule has 0 aliphatic rings. The van der Waals surface area contributed by atoms with Gasteiger partial charge in [0.15, 0.2) is 0 Å². The van der Waals surface area contributed by atoms with Gasteiger partial charge in [-0.15, -0.1) is 11.3 Å². The van der Waals surface area contributed by atoms with E-state index in [0.29, 0.717) is 6.42 Å². The Balaban J connectivity index is 1.98. The molecule has 0 spiro atoms. The number of carbonyl (C=O) groups excluding carboxylic acids is 1. The van der Waals surface area contributed by atoms with Crippen molar-refractivity contribution in [1.82, 2.24) is 10.3 Å². The molecule has 0 saturated heterocycles. The van der Waals surface area contributed by atoms with E-state index in [1.54, 1.807) is 6.20 Å². The number of rotatable bonds is 5. The van der Waals surface area contributed by atoms with Crippen LogP contribution in [0.1, 0.15) is 23.5 Å². The number of thiazole rings is 1. The normalized spacial score (nSPS) is 13.2. The van der Waals surface area contributed by atoms with Crippen molar-refractivity contribution >= 4 is 17.2 Å². The molecule has 1 heterocycles. The summed E-state index contributed by atoms with van der Waals surface area (Å²) in [5.41, 5.74) is 0.983. The first kappa shape index (κ1) is 14.2. The van der Waals surface area contributed by atoms with E-state index in [-0.39, 0.29) is 11.9 Å². The number of nitrogens with one attached hydrogen (secondary N) is 1. The third-order valence-electron chi connectivity index (χ3n) is 2.94. The van der Waals surface area contributed by atoms with Crippen LogP contribution in [-0.4, -0.2) is 10.9 Å². The Morgan fingerprint density at radius 1 is 1.45 bits per heavy atom. The highest BCUT2D eigenvalue weighted by Gasteiger charge is 2.21. The number of benzene rings is 1. The number of nitriles is 1. The molecule has 0 fully saturated rings. The highest BCUT2D eigenvalue weighted by molar-refractivity contribution is 7.09. The highest BCUT2D eigenvalue weighted by Crippen LogP contribution is 2.16. The molecule has 2 unspecified atom stereocenters. The lowest BCUT2D eigenvalue weighted by atomic mass is 9.99. The molecule has 5 heteroatoms. The van der Waals surface area contributed by atoms with E-state index in [9.17, 15) is 10.1 Å². The average molecular weight is 285 g/mol. The van der Waals surface area contributed by atoms with Crippen molar-refractivity contribution in [1.29, 1.82) is 5.26 Å². The minimum absolute atomic E-state index is 0.172. The van der Waals surface area contributed by atoms with Gasteiger partial charge in [-0.25, -0.2) is 4.98 Å². The SMILES string of the molecule is CC(NC(=O)C(C#N)Cc1ccccc1)c1nccs1. The summed E-state index contributed by atoms with van der Waals surface area (Å²) in [6, 6.07) is 11.5. The summed E-state index contributed by atoms with van der Waals surface area (Å²) in [7, 11) is 0. The van der Waals surface area contributed by atoms with Crippen LogP contribution >= 0.6 is 11.3 Å². The van der Waals surface area contributed by atoms with Crippen molar-refractivity contribution in [2.45, 2.75) is 19.4 Å². The molecule has 0 radical (unpaired) electrons. The first-order chi connectivity index (χ1) is 9.70. The van der Waals surface area contributed by atoms with Gasteiger partial charge in [0, 0.05) is 11.6 Å². The maximum absolute atomic E-state index is 12.1. The van der Waals surface area contributed by atoms with Crippen molar-refractivity contribution in [2.24, 2.45) is 5.92 Å². The van der Waals surface area contributed by atoms with E-state index in [0.717, 1.165) is 10.6 Å². The lowest BCUT2D eigenvalue weighted by molar-refractivity contribution is -0.124. The van der Waals surface area contributed by atoms with E-state index >= 15 is 0 Å². The standard InChI is InChI=1S/C15H15N3OS/c1-11(15-17-7-8-20-15)18-14(19)13(10-16)9-12-5-3-2-4-6-12/h2-8,11,13H,9H2,1H3,(H,18,19). The number of nitrogens with zero attached hydrogens (tertiary/aromatic N) is 2. The average Bonchev–Trinajstić information content (AvgIpc) is 3.00. The molecule has 1 aromatic heterocycles. The van der Waals surface area contributed by atoms with Gasteiger partial charge < -0.3 is 5.32 Å². The van der Waals surface area contributed by atoms with Crippen LogP contribution in [0.5, 0.6) is 0 Å². The number of hydrogen-bond donors (Lipinski definition) is 1. The summed E-state index contributed by atoms with van der Waals surface area (Å²) in [5.74, 6) is -0.932. The number of amides is 1. The van der Waals surface area contributed by atoms with Gasteiger partial charge in [0.05, 0.1) is 12.1 Å². The second kappa shape index (κ2) is 6.83. The predicted molar refractivity (Wildman–Crippen MR) is 77.9 cm³/mol. The molecule has 1 amide bonds. The van der Waals surface area contributed by atoms with Gasteiger partial charge in [-0.2, -0.15) is 5.26 Å². The molecule has 4 nitrogen and oxygen atoms in total.